The number of nitrogens with zero attached hydrogens (tertiary/aromatic N) is 2. The number of Topliss-reactive ketones (excluding diaryl/α,β-unsaturated/α-hetero) is 1. The summed E-state index contributed by atoms with van der Waals surface area (Å²) in [6.45, 7) is 6.98. The summed E-state index contributed by atoms with van der Waals surface area (Å²) in [6.07, 6.45) is 0. The molecule has 4 heteroatoms. The van der Waals surface area contributed by atoms with Crippen molar-refractivity contribution in [3.63, 3.8) is 0 Å². The monoisotopic (exact) mass is 260 g/mol. The summed E-state index contributed by atoms with van der Waals surface area (Å²) in [5.74, 6) is 0.277. The van der Waals surface area contributed by atoms with Crippen molar-refractivity contribution in [2.75, 3.05) is 32.7 Å². The number of amides is 1. The molecule has 1 aromatic carbocycles. The first kappa shape index (κ1) is 13.7. The summed E-state index contributed by atoms with van der Waals surface area (Å²) in [7, 11) is 0. The zero-order valence-electron chi connectivity index (χ0n) is 11.6. The second-order valence-electron chi connectivity index (χ2n) is 5.02. The first-order chi connectivity index (χ1) is 9.08. The smallest absolute Gasteiger partial charge is 0.219 e. The highest BCUT2D eigenvalue weighted by molar-refractivity contribution is 5.98. The van der Waals surface area contributed by atoms with Crippen LogP contribution in [0.5, 0.6) is 0 Å². The molecule has 0 spiro atoms. The molecule has 1 aromatic rings. The van der Waals surface area contributed by atoms with Crippen molar-refractivity contribution in [2.24, 2.45) is 0 Å². The molecule has 0 saturated carbocycles. The van der Waals surface area contributed by atoms with Gasteiger partial charge in [-0.25, -0.2) is 0 Å². The van der Waals surface area contributed by atoms with Crippen LogP contribution >= 0.6 is 0 Å². The topological polar surface area (TPSA) is 40.6 Å². The van der Waals surface area contributed by atoms with Crippen molar-refractivity contribution < 1.29 is 9.59 Å². The Kier molecular flexibility index (Phi) is 4.32. The minimum absolute atomic E-state index is 0.116. The predicted molar refractivity (Wildman–Crippen MR) is 74.2 cm³/mol. The van der Waals surface area contributed by atoms with E-state index >= 15 is 0 Å². The summed E-state index contributed by atoms with van der Waals surface area (Å²) in [4.78, 5) is 27.4. The van der Waals surface area contributed by atoms with E-state index in [2.05, 4.69) is 4.90 Å². The Bertz CT molecular complexity index is 477. The molecule has 19 heavy (non-hydrogen) atoms. The SMILES string of the molecule is CC(=O)N1CCN(CC(=O)c2ccccc2C)CC1. The Morgan fingerprint density at radius 3 is 2.32 bits per heavy atom. The number of rotatable bonds is 3. The van der Waals surface area contributed by atoms with Crippen LogP contribution in [0.3, 0.4) is 0 Å². The Labute approximate surface area is 114 Å². The highest BCUT2D eigenvalue weighted by Gasteiger charge is 2.21. The number of piperazine rings is 1. The first-order valence-corrected chi connectivity index (χ1v) is 6.64. The zero-order chi connectivity index (χ0) is 13.8. The Morgan fingerprint density at radius 1 is 1.11 bits per heavy atom. The van der Waals surface area contributed by atoms with Crippen molar-refractivity contribution in [1.82, 2.24) is 9.80 Å². The van der Waals surface area contributed by atoms with Gasteiger partial charge in [0.1, 0.15) is 0 Å². The largest absolute Gasteiger partial charge is 0.340 e. The van der Waals surface area contributed by atoms with Gasteiger partial charge in [0.05, 0.1) is 6.54 Å². The molecule has 0 bridgehead atoms. The molecule has 0 atom stereocenters. The predicted octanol–water partition coefficient (Wildman–Crippen LogP) is 1.34. The van der Waals surface area contributed by atoms with Crippen LogP contribution in [0.15, 0.2) is 24.3 Å². The molecule has 0 aliphatic carbocycles. The van der Waals surface area contributed by atoms with Gasteiger partial charge < -0.3 is 4.90 Å². The highest BCUT2D eigenvalue weighted by Crippen LogP contribution is 2.10. The van der Waals surface area contributed by atoms with E-state index in [4.69, 9.17) is 0 Å². The number of aryl methyl sites for hydroxylation is 1. The van der Waals surface area contributed by atoms with Crippen LogP contribution in [0.25, 0.3) is 0 Å². The summed E-state index contributed by atoms with van der Waals surface area (Å²) in [5.41, 5.74) is 1.83. The maximum Gasteiger partial charge on any atom is 0.219 e. The standard InChI is InChI=1S/C15H20N2O2/c1-12-5-3-4-6-14(12)15(19)11-16-7-9-17(10-8-16)13(2)18/h3-6H,7-11H2,1-2H3. The van der Waals surface area contributed by atoms with Gasteiger partial charge in [0.25, 0.3) is 0 Å². The quantitative estimate of drug-likeness (QED) is 0.770. The first-order valence-electron chi connectivity index (χ1n) is 6.64. The Balaban J connectivity index is 1.91. The Morgan fingerprint density at radius 2 is 1.74 bits per heavy atom. The van der Waals surface area contributed by atoms with Gasteiger partial charge in [-0.1, -0.05) is 24.3 Å². The van der Waals surface area contributed by atoms with Gasteiger partial charge in [0.15, 0.2) is 5.78 Å². The van der Waals surface area contributed by atoms with E-state index in [1.165, 1.54) is 0 Å². The zero-order valence-corrected chi connectivity index (χ0v) is 11.6. The van der Waals surface area contributed by atoms with Gasteiger partial charge in [-0.05, 0) is 12.5 Å². The molecule has 0 radical (unpaired) electrons. The average Bonchev–Trinajstić information content (AvgIpc) is 2.39. The number of ketones is 1. The van der Waals surface area contributed by atoms with E-state index in [-0.39, 0.29) is 11.7 Å². The summed E-state index contributed by atoms with van der Waals surface area (Å²) < 4.78 is 0. The van der Waals surface area contributed by atoms with E-state index in [1.807, 2.05) is 36.1 Å². The molecular formula is C15H20N2O2. The van der Waals surface area contributed by atoms with Crippen molar-refractivity contribution >= 4 is 11.7 Å². The van der Waals surface area contributed by atoms with Crippen LogP contribution in [0.4, 0.5) is 0 Å². The molecule has 1 aliphatic rings. The van der Waals surface area contributed by atoms with Gasteiger partial charge in [-0.2, -0.15) is 0 Å². The van der Waals surface area contributed by atoms with Crippen LogP contribution < -0.4 is 0 Å². The lowest BCUT2D eigenvalue weighted by Crippen LogP contribution is -2.49. The van der Waals surface area contributed by atoms with E-state index in [0.29, 0.717) is 6.54 Å². The maximum atomic E-state index is 12.2. The van der Waals surface area contributed by atoms with Crippen molar-refractivity contribution in [2.45, 2.75) is 13.8 Å². The third-order valence-electron chi connectivity index (χ3n) is 3.63. The summed E-state index contributed by atoms with van der Waals surface area (Å²) in [6, 6.07) is 7.68. The second kappa shape index (κ2) is 5.97. The molecule has 102 valence electrons. The average molecular weight is 260 g/mol. The van der Waals surface area contributed by atoms with Crippen LogP contribution in [0.1, 0.15) is 22.8 Å². The van der Waals surface area contributed by atoms with Crippen LogP contribution in [0.2, 0.25) is 0 Å². The van der Waals surface area contributed by atoms with Gasteiger partial charge in [0.2, 0.25) is 5.91 Å². The van der Waals surface area contributed by atoms with Crippen molar-refractivity contribution in [3.05, 3.63) is 35.4 Å². The normalized spacial score (nSPS) is 16.4. The van der Waals surface area contributed by atoms with Crippen LogP contribution in [-0.4, -0.2) is 54.2 Å². The van der Waals surface area contributed by atoms with Gasteiger partial charge in [-0.15, -0.1) is 0 Å². The van der Waals surface area contributed by atoms with E-state index < -0.39 is 0 Å². The second-order valence-corrected chi connectivity index (χ2v) is 5.02. The molecule has 4 nitrogen and oxygen atoms in total. The van der Waals surface area contributed by atoms with Crippen LogP contribution in [-0.2, 0) is 4.79 Å². The van der Waals surface area contributed by atoms with E-state index in [1.54, 1.807) is 6.92 Å². The minimum atomic E-state index is 0.116. The van der Waals surface area contributed by atoms with E-state index in [9.17, 15) is 9.59 Å². The maximum absolute atomic E-state index is 12.2. The van der Waals surface area contributed by atoms with E-state index in [0.717, 1.165) is 37.3 Å². The molecule has 1 fully saturated rings. The van der Waals surface area contributed by atoms with Crippen molar-refractivity contribution in [3.8, 4) is 0 Å². The highest BCUT2D eigenvalue weighted by atomic mass is 16.2. The summed E-state index contributed by atoms with van der Waals surface area (Å²) in [5, 5.41) is 0. The lowest BCUT2D eigenvalue weighted by molar-refractivity contribution is -0.130. The lowest BCUT2D eigenvalue weighted by atomic mass is 10.0. The molecule has 1 amide bonds. The molecular weight excluding hydrogens is 240 g/mol. The third-order valence-corrected chi connectivity index (χ3v) is 3.63. The van der Waals surface area contributed by atoms with Crippen LogP contribution in [0, 0.1) is 6.92 Å². The van der Waals surface area contributed by atoms with Gasteiger partial charge in [-0.3, -0.25) is 14.5 Å². The third kappa shape index (κ3) is 3.41. The molecule has 1 aliphatic heterocycles. The fourth-order valence-corrected chi connectivity index (χ4v) is 2.39. The number of benzene rings is 1. The number of carbonyl (C=O) groups is 2. The molecule has 1 saturated heterocycles. The molecule has 0 aromatic heterocycles. The minimum Gasteiger partial charge on any atom is -0.340 e. The lowest BCUT2D eigenvalue weighted by Gasteiger charge is -2.33. The molecule has 2 rings (SSSR count). The molecule has 0 unspecified atom stereocenters. The number of hydrogen-bond acceptors (Lipinski definition) is 3. The van der Waals surface area contributed by atoms with Crippen molar-refractivity contribution in [1.29, 1.82) is 0 Å². The number of hydrogen-bond donors (Lipinski definition) is 0. The Hall–Kier alpha value is -1.68. The molecule has 1 heterocycles. The fraction of sp³-hybridized carbons (Fsp3) is 0.467. The fourth-order valence-electron chi connectivity index (χ4n) is 2.39. The van der Waals surface area contributed by atoms with Gasteiger partial charge >= 0.3 is 0 Å². The van der Waals surface area contributed by atoms with Gasteiger partial charge in [0, 0.05) is 38.7 Å². The molecule has 0 N–H and O–H groups in total. The number of carbonyl (C=O) groups excluding carboxylic acids is 2. The summed E-state index contributed by atoms with van der Waals surface area (Å²) >= 11 is 0.